The summed E-state index contributed by atoms with van der Waals surface area (Å²) in [5.41, 5.74) is 2.94. The number of H-pyrrole nitrogens is 1. The number of carbonyl (C=O) groups excluding carboxylic acids is 4. The Morgan fingerprint density at radius 1 is 1.07 bits per heavy atom. The number of hydrogen-bond acceptors (Lipinski definition) is 8. The normalized spacial score (nSPS) is 15.6. The van der Waals surface area contributed by atoms with Gasteiger partial charge in [-0.25, -0.2) is 0 Å². The van der Waals surface area contributed by atoms with Crippen molar-refractivity contribution in [1.82, 2.24) is 36.6 Å². The van der Waals surface area contributed by atoms with Crippen molar-refractivity contribution in [2.24, 2.45) is 5.92 Å². The first kappa shape index (κ1) is 32.1. The average Bonchev–Trinajstić information content (AvgIpc) is 3.64. The Labute approximate surface area is 256 Å². The third-order valence-corrected chi connectivity index (χ3v) is 7.40. The second-order valence-electron chi connectivity index (χ2n) is 12.1. The fraction of sp³-hybridized carbons (Fsp3) is 0.452. The first-order chi connectivity index (χ1) is 20.9. The number of anilines is 2. The molecule has 4 amide bonds. The molecule has 1 aromatic heterocycles. The molecule has 0 spiro atoms. The van der Waals surface area contributed by atoms with Crippen molar-refractivity contribution < 1.29 is 19.2 Å². The third kappa shape index (κ3) is 8.39. The highest BCUT2D eigenvalue weighted by molar-refractivity contribution is 6.05. The van der Waals surface area contributed by atoms with Gasteiger partial charge >= 0.3 is 0 Å². The van der Waals surface area contributed by atoms with Gasteiger partial charge in [0.15, 0.2) is 5.82 Å². The van der Waals surface area contributed by atoms with Crippen molar-refractivity contribution in [3.05, 3.63) is 65.5 Å². The maximum Gasteiger partial charge on any atom is 0.247 e. The lowest BCUT2D eigenvalue weighted by molar-refractivity contribution is -0.131. The molecule has 1 aliphatic heterocycles. The average molecular weight is 604 g/mol. The zero-order valence-electron chi connectivity index (χ0n) is 25.8. The van der Waals surface area contributed by atoms with Crippen LogP contribution in [0.15, 0.2) is 48.5 Å². The van der Waals surface area contributed by atoms with E-state index in [1.54, 1.807) is 6.07 Å². The lowest BCUT2D eigenvalue weighted by Crippen LogP contribution is -2.54. The maximum atomic E-state index is 13.7. The second kappa shape index (κ2) is 14.1. The third-order valence-electron chi connectivity index (χ3n) is 7.40. The number of hydrogen-bond donors (Lipinski definition) is 5. The van der Waals surface area contributed by atoms with Crippen molar-refractivity contribution in [3.63, 3.8) is 0 Å². The number of benzene rings is 2. The first-order valence-electron chi connectivity index (χ1n) is 14.8. The molecule has 0 radical (unpaired) electrons. The zero-order valence-corrected chi connectivity index (χ0v) is 25.8. The standard InChI is InChI=1S/C31H41N9O4/c1-6-19(2)28(34-26(41)14-20-10-8-7-9-11-20)30(44)33-18-27(42)40-23-13-12-22(35-31(3,4)5)15-21(23)16-24(40)29(43)32-17-25-36-38-39-37-25/h7-13,15,19,24,28,35H,6,14,16-18H2,1-5H3,(H,32,43)(H,33,44)(H,34,41)(H,36,37,38,39)/t19-,24-,28-/m0/s1. The Hall–Kier alpha value is -4.81. The summed E-state index contributed by atoms with van der Waals surface area (Å²) in [5.74, 6) is -1.45. The summed E-state index contributed by atoms with van der Waals surface area (Å²) in [6.07, 6.45) is 1.07. The number of nitrogens with zero attached hydrogens (tertiary/aromatic N) is 4. The second-order valence-corrected chi connectivity index (χ2v) is 12.1. The molecule has 0 saturated heterocycles. The van der Waals surface area contributed by atoms with Gasteiger partial charge in [-0.2, -0.15) is 5.21 Å². The molecule has 13 heteroatoms. The first-order valence-corrected chi connectivity index (χ1v) is 14.8. The molecular formula is C31H41N9O4. The molecule has 3 atom stereocenters. The van der Waals surface area contributed by atoms with E-state index in [9.17, 15) is 19.2 Å². The lowest BCUT2D eigenvalue weighted by atomic mass is 9.98. The summed E-state index contributed by atoms with van der Waals surface area (Å²) >= 11 is 0. The molecule has 3 aromatic rings. The summed E-state index contributed by atoms with van der Waals surface area (Å²) < 4.78 is 0. The van der Waals surface area contributed by atoms with Crippen LogP contribution < -0.4 is 26.2 Å². The van der Waals surface area contributed by atoms with E-state index in [4.69, 9.17) is 0 Å². The summed E-state index contributed by atoms with van der Waals surface area (Å²) in [4.78, 5) is 54.6. The Balaban J connectivity index is 1.48. The van der Waals surface area contributed by atoms with E-state index in [0.717, 1.165) is 16.8 Å². The van der Waals surface area contributed by atoms with Gasteiger partial charge in [0.25, 0.3) is 0 Å². The number of aromatic amines is 1. The predicted octanol–water partition coefficient (Wildman–Crippen LogP) is 1.87. The van der Waals surface area contributed by atoms with Gasteiger partial charge in [-0.1, -0.05) is 55.8 Å². The van der Waals surface area contributed by atoms with E-state index in [1.165, 1.54) is 4.90 Å². The molecule has 0 unspecified atom stereocenters. The zero-order chi connectivity index (χ0) is 31.9. The number of rotatable bonds is 12. The van der Waals surface area contributed by atoms with E-state index >= 15 is 0 Å². The van der Waals surface area contributed by atoms with Gasteiger partial charge in [0.1, 0.15) is 12.1 Å². The molecule has 5 N–H and O–H groups in total. The van der Waals surface area contributed by atoms with Crippen molar-refractivity contribution >= 4 is 35.0 Å². The van der Waals surface area contributed by atoms with Gasteiger partial charge < -0.3 is 21.3 Å². The lowest BCUT2D eigenvalue weighted by Gasteiger charge is -2.27. The summed E-state index contributed by atoms with van der Waals surface area (Å²) in [6, 6.07) is 13.2. The molecule has 234 valence electrons. The highest BCUT2D eigenvalue weighted by Gasteiger charge is 2.39. The molecular weight excluding hydrogens is 562 g/mol. The van der Waals surface area contributed by atoms with Crippen LogP contribution in [-0.2, 0) is 38.6 Å². The number of nitrogens with one attached hydrogen (secondary N) is 5. The van der Waals surface area contributed by atoms with Crippen LogP contribution in [0.2, 0.25) is 0 Å². The van der Waals surface area contributed by atoms with Crippen molar-refractivity contribution in [3.8, 4) is 0 Å². The minimum absolute atomic E-state index is 0.0387. The SMILES string of the molecule is CC[C@H](C)[C@H](NC(=O)Cc1ccccc1)C(=O)NCC(=O)N1c2ccc(NC(C)(C)C)cc2C[C@H]1C(=O)NCc1nn[nH]n1. The Morgan fingerprint density at radius 3 is 2.48 bits per heavy atom. The van der Waals surface area contributed by atoms with Gasteiger partial charge in [-0.05, 0) is 56.0 Å². The highest BCUT2D eigenvalue weighted by Crippen LogP contribution is 2.35. The van der Waals surface area contributed by atoms with Gasteiger partial charge in [-0.15, -0.1) is 10.2 Å². The van der Waals surface area contributed by atoms with Gasteiger partial charge in [0, 0.05) is 23.3 Å². The quantitative estimate of drug-likeness (QED) is 0.209. The molecule has 13 nitrogen and oxygen atoms in total. The molecule has 1 aliphatic rings. The maximum absolute atomic E-state index is 13.7. The van der Waals surface area contributed by atoms with E-state index in [2.05, 4.69) is 41.9 Å². The predicted molar refractivity (Wildman–Crippen MR) is 165 cm³/mol. The van der Waals surface area contributed by atoms with Crippen LogP contribution in [0, 0.1) is 5.92 Å². The van der Waals surface area contributed by atoms with Crippen molar-refractivity contribution in [2.75, 3.05) is 16.8 Å². The minimum atomic E-state index is -0.845. The molecule has 44 heavy (non-hydrogen) atoms. The topological polar surface area (TPSA) is 174 Å². The Bertz CT molecular complexity index is 1450. The summed E-state index contributed by atoms with van der Waals surface area (Å²) in [6.45, 7) is 9.63. The molecule has 0 saturated carbocycles. The van der Waals surface area contributed by atoms with Gasteiger partial charge in [0.05, 0.1) is 19.5 Å². The highest BCUT2D eigenvalue weighted by atomic mass is 16.2. The molecule has 0 fully saturated rings. The van der Waals surface area contributed by atoms with E-state index < -0.39 is 23.9 Å². The van der Waals surface area contributed by atoms with Crippen molar-refractivity contribution in [1.29, 1.82) is 0 Å². The van der Waals surface area contributed by atoms with Crippen LogP contribution in [-0.4, -0.2) is 68.4 Å². The minimum Gasteiger partial charge on any atom is -0.380 e. The van der Waals surface area contributed by atoms with E-state index in [0.29, 0.717) is 17.9 Å². The van der Waals surface area contributed by atoms with Crippen LogP contribution >= 0.6 is 0 Å². The van der Waals surface area contributed by atoms with Crippen LogP contribution in [0.1, 0.15) is 58.0 Å². The van der Waals surface area contributed by atoms with Crippen LogP contribution in [0.4, 0.5) is 11.4 Å². The monoisotopic (exact) mass is 603 g/mol. The van der Waals surface area contributed by atoms with E-state index in [1.807, 2.05) is 77.1 Å². The number of amides is 4. The van der Waals surface area contributed by atoms with Gasteiger partial charge in [-0.3, -0.25) is 24.1 Å². The van der Waals surface area contributed by atoms with Crippen LogP contribution in [0.25, 0.3) is 0 Å². The number of aromatic nitrogens is 4. The Morgan fingerprint density at radius 2 is 1.82 bits per heavy atom. The number of fused-ring (bicyclic) bond motifs is 1. The smallest absolute Gasteiger partial charge is 0.247 e. The van der Waals surface area contributed by atoms with Gasteiger partial charge in [0.2, 0.25) is 23.6 Å². The molecule has 0 aliphatic carbocycles. The molecule has 4 rings (SSSR count). The fourth-order valence-corrected chi connectivity index (χ4v) is 5.09. The van der Waals surface area contributed by atoms with Crippen LogP contribution in [0.5, 0.6) is 0 Å². The summed E-state index contributed by atoms with van der Waals surface area (Å²) in [5, 5.41) is 25.3. The van der Waals surface area contributed by atoms with Crippen molar-refractivity contribution in [2.45, 2.75) is 78.0 Å². The number of tetrazole rings is 1. The molecule has 2 heterocycles. The molecule has 0 bridgehead atoms. The Kier molecular flexibility index (Phi) is 10.3. The summed E-state index contributed by atoms with van der Waals surface area (Å²) in [7, 11) is 0. The largest absolute Gasteiger partial charge is 0.380 e. The van der Waals surface area contributed by atoms with E-state index in [-0.39, 0.29) is 49.2 Å². The fourth-order valence-electron chi connectivity index (χ4n) is 5.09. The van der Waals surface area contributed by atoms with Crippen LogP contribution in [0.3, 0.4) is 0 Å². The molecule has 2 aromatic carbocycles. The number of carbonyl (C=O) groups is 4.